The summed E-state index contributed by atoms with van der Waals surface area (Å²) in [6, 6.07) is 8.69. The van der Waals surface area contributed by atoms with E-state index in [4.69, 9.17) is 0 Å². The third-order valence-corrected chi connectivity index (χ3v) is 5.89. The fourth-order valence-electron chi connectivity index (χ4n) is 3.12. The molecule has 11 heteroatoms. The largest absolute Gasteiger partial charge is 0.397 e. The number of fused-ring (bicyclic) bond motifs is 1. The molecule has 1 heterocycles. The highest BCUT2D eigenvalue weighted by atomic mass is 32.1. The summed E-state index contributed by atoms with van der Waals surface area (Å²) in [6.07, 6.45) is -3.12. The van der Waals surface area contributed by atoms with Gasteiger partial charge in [-0.05, 0) is 54.8 Å². The van der Waals surface area contributed by atoms with Crippen LogP contribution < -0.4 is 16.0 Å². The van der Waals surface area contributed by atoms with E-state index in [1.165, 1.54) is 42.5 Å². The molecule has 4 rings (SSSR count). The molecule has 0 spiro atoms. The molecule has 2 aromatic carbocycles. The molecule has 1 aliphatic rings. The Labute approximate surface area is 184 Å². The van der Waals surface area contributed by atoms with Crippen molar-refractivity contribution in [3.8, 4) is 0 Å². The first-order valence-corrected chi connectivity index (χ1v) is 10.6. The third-order valence-electron chi connectivity index (χ3n) is 4.96. The normalized spacial score (nSPS) is 14.8. The monoisotopic (exact) mass is 466 g/mol. The number of nitrogens with one attached hydrogen (secondary N) is 3. The number of halogens is 4. The molecule has 3 amide bonds. The van der Waals surface area contributed by atoms with Crippen LogP contribution in [0.1, 0.15) is 24.3 Å². The van der Waals surface area contributed by atoms with Crippen LogP contribution in [0.5, 0.6) is 0 Å². The van der Waals surface area contributed by atoms with Crippen LogP contribution in [0.15, 0.2) is 42.5 Å². The summed E-state index contributed by atoms with van der Waals surface area (Å²) in [5.74, 6) is -2.82. The van der Waals surface area contributed by atoms with Gasteiger partial charge < -0.3 is 10.6 Å². The number of thiazole rings is 1. The lowest BCUT2D eigenvalue weighted by Gasteiger charge is -2.21. The first-order valence-electron chi connectivity index (χ1n) is 9.77. The Hall–Kier alpha value is -3.21. The van der Waals surface area contributed by atoms with Gasteiger partial charge in [-0.1, -0.05) is 17.4 Å². The lowest BCUT2D eigenvalue weighted by atomic mass is 9.98. The minimum atomic E-state index is -4.54. The van der Waals surface area contributed by atoms with Gasteiger partial charge in [0.25, 0.3) is 0 Å². The zero-order valence-electron chi connectivity index (χ0n) is 16.5. The van der Waals surface area contributed by atoms with Gasteiger partial charge in [0.05, 0.1) is 16.1 Å². The molecule has 1 aromatic heterocycles. The molecule has 1 aliphatic carbocycles. The summed E-state index contributed by atoms with van der Waals surface area (Å²) < 4.78 is 54.3. The molecule has 0 bridgehead atoms. The molecule has 1 atom stereocenters. The molecular formula is C21H18F4N4O2S. The summed E-state index contributed by atoms with van der Waals surface area (Å²) in [7, 11) is 0. The molecule has 3 N–H and O–H groups in total. The summed E-state index contributed by atoms with van der Waals surface area (Å²) in [5.41, 5.74) is 0.805. The highest BCUT2D eigenvalue weighted by Gasteiger charge is 2.41. The summed E-state index contributed by atoms with van der Waals surface area (Å²) >= 11 is 1.02. The Morgan fingerprint density at radius 2 is 1.81 bits per heavy atom. The predicted octanol–water partition coefficient (Wildman–Crippen LogP) is 5.25. The maximum Gasteiger partial charge on any atom is 0.397 e. The Morgan fingerprint density at radius 1 is 1.09 bits per heavy atom. The van der Waals surface area contributed by atoms with Gasteiger partial charge in [0.1, 0.15) is 5.82 Å². The first kappa shape index (κ1) is 22.0. The summed E-state index contributed by atoms with van der Waals surface area (Å²) in [4.78, 5) is 28.1. The van der Waals surface area contributed by atoms with Crippen LogP contribution in [0, 0.1) is 11.7 Å². The van der Waals surface area contributed by atoms with E-state index in [9.17, 15) is 27.2 Å². The molecule has 32 heavy (non-hydrogen) atoms. The van der Waals surface area contributed by atoms with Gasteiger partial charge in [-0.25, -0.2) is 14.2 Å². The fraction of sp³-hybridized carbons (Fsp3) is 0.286. The molecule has 3 aromatic rings. The van der Waals surface area contributed by atoms with Crippen molar-refractivity contribution in [2.24, 2.45) is 5.92 Å². The van der Waals surface area contributed by atoms with Gasteiger partial charge in [-0.15, -0.1) is 0 Å². The predicted molar refractivity (Wildman–Crippen MR) is 113 cm³/mol. The van der Waals surface area contributed by atoms with Gasteiger partial charge in [0.2, 0.25) is 5.91 Å². The zero-order chi connectivity index (χ0) is 22.9. The number of alkyl halides is 3. The second-order valence-corrected chi connectivity index (χ2v) is 8.48. The lowest BCUT2D eigenvalue weighted by Crippen LogP contribution is -2.35. The van der Waals surface area contributed by atoms with Crippen molar-refractivity contribution in [1.82, 2.24) is 10.3 Å². The average molecular weight is 466 g/mol. The van der Waals surface area contributed by atoms with Crippen molar-refractivity contribution >= 4 is 44.3 Å². The number of carbonyl (C=O) groups excluding carboxylic acids is 2. The number of nitrogens with zero attached hydrogens (tertiary/aromatic N) is 1. The minimum absolute atomic E-state index is 0.00654. The van der Waals surface area contributed by atoms with Crippen molar-refractivity contribution < 1.29 is 27.2 Å². The van der Waals surface area contributed by atoms with Crippen LogP contribution in [0.4, 0.5) is 33.2 Å². The molecule has 168 valence electrons. The van der Waals surface area contributed by atoms with Crippen LogP contribution >= 0.6 is 11.3 Å². The van der Waals surface area contributed by atoms with E-state index in [-0.39, 0.29) is 22.5 Å². The molecule has 0 saturated heterocycles. The molecule has 1 fully saturated rings. The van der Waals surface area contributed by atoms with E-state index in [1.807, 2.05) is 0 Å². The molecule has 1 unspecified atom stereocenters. The summed E-state index contributed by atoms with van der Waals surface area (Å²) in [6.45, 7) is -0.533. The number of hydrogen-bond donors (Lipinski definition) is 3. The SMILES string of the molecule is O=C(Nc1ccc(F)cc1)Nc1nc2ccc(C(CNC(=O)C3CC3)C(F)(F)F)cc2s1. The number of rotatable bonds is 6. The Balaban J connectivity index is 1.47. The van der Waals surface area contributed by atoms with E-state index in [1.54, 1.807) is 0 Å². The standard InChI is InChI=1S/C21H18F4N4O2S/c22-13-4-6-14(7-5-13)27-19(31)29-20-28-16-8-3-12(9-17(16)32-20)15(21(23,24)25)10-26-18(30)11-1-2-11/h3-9,11,15H,1-2,10H2,(H,26,30)(H2,27,28,29,31). The van der Waals surface area contributed by atoms with Crippen molar-refractivity contribution in [2.45, 2.75) is 24.9 Å². The second-order valence-electron chi connectivity index (χ2n) is 7.45. The molecule has 0 aliphatic heterocycles. The van der Waals surface area contributed by atoms with E-state index >= 15 is 0 Å². The van der Waals surface area contributed by atoms with Crippen molar-refractivity contribution in [3.05, 3.63) is 53.8 Å². The highest BCUT2D eigenvalue weighted by Crippen LogP contribution is 2.37. The second kappa shape index (κ2) is 8.73. The van der Waals surface area contributed by atoms with Crippen molar-refractivity contribution in [3.63, 3.8) is 0 Å². The zero-order valence-corrected chi connectivity index (χ0v) is 17.3. The van der Waals surface area contributed by atoms with Gasteiger partial charge in [-0.3, -0.25) is 10.1 Å². The minimum Gasteiger partial charge on any atom is -0.355 e. The maximum absolute atomic E-state index is 13.6. The number of urea groups is 1. The quantitative estimate of drug-likeness (QED) is 0.434. The Morgan fingerprint density at radius 3 is 2.47 bits per heavy atom. The molecule has 1 saturated carbocycles. The molecule has 0 radical (unpaired) electrons. The van der Waals surface area contributed by atoms with Crippen molar-refractivity contribution in [1.29, 1.82) is 0 Å². The number of carbonyl (C=O) groups is 2. The average Bonchev–Trinajstić information content (AvgIpc) is 3.49. The fourth-order valence-corrected chi connectivity index (χ4v) is 4.03. The van der Waals surface area contributed by atoms with Crippen LogP contribution in [0.3, 0.4) is 0 Å². The summed E-state index contributed by atoms with van der Waals surface area (Å²) in [5, 5.41) is 7.62. The number of hydrogen-bond acceptors (Lipinski definition) is 4. The topological polar surface area (TPSA) is 83.1 Å². The van der Waals surface area contributed by atoms with Crippen LogP contribution in [0.2, 0.25) is 0 Å². The number of anilines is 2. The third kappa shape index (κ3) is 5.34. The van der Waals surface area contributed by atoms with Gasteiger partial charge in [0, 0.05) is 18.2 Å². The number of aromatic nitrogens is 1. The number of amides is 3. The van der Waals surface area contributed by atoms with Gasteiger partial charge in [0.15, 0.2) is 5.13 Å². The Bertz CT molecular complexity index is 1140. The molecule has 6 nitrogen and oxygen atoms in total. The van der Waals surface area contributed by atoms with E-state index in [0.717, 1.165) is 11.3 Å². The van der Waals surface area contributed by atoms with E-state index in [2.05, 4.69) is 20.9 Å². The highest BCUT2D eigenvalue weighted by molar-refractivity contribution is 7.22. The first-order chi connectivity index (χ1) is 15.2. The Kier molecular flexibility index (Phi) is 6.00. The number of benzene rings is 2. The van der Waals surface area contributed by atoms with E-state index < -0.39 is 30.5 Å². The van der Waals surface area contributed by atoms with Crippen LogP contribution in [-0.4, -0.2) is 29.6 Å². The lowest BCUT2D eigenvalue weighted by molar-refractivity contribution is -0.150. The van der Waals surface area contributed by atoms with Gasteiger partial charge >= 0.3 is 12.2 Å². The van der Waals surface area contributed by atoms with Gasteiger partial charge in [-0.2, -0.15) is 13.2 Å². The van der Waals surface area contributed by atoms with Crippen LogP contribution in [0.25, 0.3) is 10.2 Å². The smallest absolute Gasteiger partial charge is 0.355 e. The van der Waals surface area contributed by atoms with E-state index in [0.29, 0.717) is 28.7 Å². The maximum atomic E-state index is 13.6. The van der Waals surface area contributed by atoms with Crippen LogP contribution in [-0.2, 0) is 4.79 Å². The van der Waals surface area contributed by atoms with Crippen molar-refractivity contribution in [2.75, 3.05) is 17.2 Å². The molecular weight excluding hydrogens is 448 g/mol.